The molecule has 0 bridgehead atoms. The third-order valence-electron chi connectivity index (χ3n) is 2.52. The van der Waals surface area contributed by atoms with Gasteiger partial charge in [-0.1, -0.05) is 22.0 Å². The Morgan fingerprint density at radius 3 is 2.74 bits per heavy atom. The van der Waals surface area contributed by atoms with Gasteiger partial charge in [-0.2, -0.15) is 0 Å². The summed E-state index contributed by atoms with van der Waals surface area (Å²) in [5.74, 6) is -0.395. The number of anilines is 1. The summed E-state index contributed by atoms with van der Waals surface area (Å²) in [6.45, 7) is 0. The van der Waals surface area contributed by atoms with E-state index in [0.717, 1.165) is 4.47 Å². The normalized spacial score (nSPS) is 10.2. The molecule has 0 atom stereocenters. The van der Waals surface area contributed by atoms with Crippen LogP contribution in [-0.2, 0) is 7.05 Å². The molecule has 6 nitrogen and oxygen atoms in total. The largest absolute Gasteiger partial charge is 0.340 e. The lowest BCUT2D eigenvalue weighted by atomic mass is 10.3. The quantitative estimate of drug-likeness (QED) is 0.696. The monoisotopic (exact) mass is 323 g/mol. The minimum absolute atomic E-state index is 0.109. The standard InChI is InChI=1S/C12H10BrN3O3/c1-15-7-10(16(18)19)6-11(15)12(17)14-9-4-2-3-8(13)5-9/h2-7H,1H3,(H,14,17). The molecule has 0 spiro atoms. The van der Waals surface area contributed by atoms with E-state index < -0.39 is 10.8 Å². The van der Waals surface area contributed by atoms with E-state index in [0.29, 0.717) is 5.69 Å². The first-order chi connectivity index (χ1) is 8.97. The van der Waals surface area contributed by atoms with Crippen molar-refractivity contribution in [1.29, 1.82) is 0 Å². The SMILES string of the molecule is Cn1cc([N+](=O)[O-])cc1C(=O)Nc1cccc(Br)c1. The Morgan fingerprint density at radius 2 is 2.16 bits per heavy atom. The van der Waals surface area contributed by atoms with Crippen molar-refractivity contribution in [3.05, 3.63) is 56.8 Å². The zero-order valence-corrected chi connectivity index (χ0v) is 11.5. The summed E-state index contributed by atoms with van der Waals surface area (Å²) in [5.41, 5.74) is 0.733. The molecule has 2 rings (SSSR count). The molecule has 0 aliphatic heterocycles. The Labute approximate surface area is 117 Å². The fourth-order valence-corrected chi connectivity index (χ4v) is 2.03. The van der Waals surface area contributed by atoms with Gasteiger partial charge < -0.3 is 9.88 Å². The third-order valence-corrected chi connectivity index (χ3v) is 3.01. The highest BCUT2D eigenvalue weighted by atomic mass is 79.9. The van der Waals surface area contributed by atoms with Crippen molar-refractivity contribution in [2.45, 2.75) is 0 Å². The van der Waals surface area contributed by atoms with Gasteiger partial charge in [0.2, 0.25) is 0 Å². The molecular weight excluding hydrogens is 314 g/mol. The highest BCUT2D eigenvalue weighted by Gasteiger charge is 2.17. The number of halogens is 1. The fourth-order valence-electron chi connectivity index (χ4n) is 1.63. The summed E-state index contributed by atoms with van der Waals surface area (Å²) in [5, 5.41) is 13.3. The van der Waals surface area contributed by atoms with E-state index in [4.69, 9.17) is 0 Å². The van der Waals surface area contributed by atoms with Crippen molar-refractivity contribution < 1.29 is 9.72 Å². The van der Waals surface area contributed by atoms with E-state index in [1.807, 2.05) is 6.07 Å². The van der Waals surface area contributed by atoms with E-state index in [2.05, 4.69) is 21.2 Å². The van der Waals surface area contributed by atoms with Crippen molar-refractivity contribution in [2.24, 2.45) is 7.05 Å². The number of benzene rings is 1. The maximum absolute atomic E-state index is 12.0. The highest BCUT2D eigenvalue weighted by molar-refractivity contribution is 9.10. The number of nitrogens with one attached hydrogen (secondary N) is 1. The smallest absolute Gasteiger partial charge is 0.287 e. The van der Waals surface area contributed by atoms with Gasteiger partial charge >= 0.3 is 0 Å². The predicted octanol–water partition coefficient (Wildman–Crippen LogP) is 2.95. The van der Waals surface area contributed by atoms with Gasteiger partial charge in [0.05, 0.1) is 11.1 Å². The van der Waals surface area contributed by atoms with Crippen LogP contribution >= 0.6 is 15.9 Å². The average molecular weight is 324 g/mol. The Balaban J connectivity index is 2.23. The number of amides is 1. The van der Waals surface area contributed by atoms with Crippen LogP contribution in [0.25, 0.3) is 0 Å². The van der Waals surface area contributed by atoms with Gasteiger partial charge in [-0.15, -0.1) is 0 Å². The molecule has 1 heterocycles. The van der Waals surface area contributed by atoms with Crippen LogP contribution in [0.4, 0.5) is 11.4 Å². The fraction of sp³-hybridized carbons (Fsp3) is 0.0833. The lowest BCUT2D eigenvalue weighted by molar-refractivity contribution is -0.384. The molecule has 0 aliphatic carbocycles. The van der Waals surface area contributed by atoms with Crippen molar-refractivity contribution in [3.63, 3.8) is 0 Å². The number of nitrogens with zero attached hydrogens (tertiary/aromatic N) is 2. The van der Waals surface area contributed by atoms with Crippen LogP contribution < -0.4 is 5.32 Å². The molecule has 1 amide bonds. The molecule has 19 heavy (non-hydrogen) atoms. The summed E-state index contributed by atoms with van der Waals surface area (Å²) < 4.78 is 2.26. The summed E-state index contributed by atoms with van der Waals surface area (Å²) >= 11 is 3.30. The lowest BCUT2D eigenvalue weighted by Crippen LogP contribution is -2.15. The molecule has 1 N–H and O–H groups in total. The Hall–Kier alpha value is -2.15. The Kier molecular flexibility index (Phi) is 3.66. The van der Waals surface area contributed by atoms with Crippen LogP contribution in [0.1, 0.15) is 10.5 Å². The zero-order chi connectivity index (χ0) is 14.0. The molecule has 0 saturated heterocycles. The second-order valence-electron chi connectivity index (χ2n) is 3.92. The van der Waals surface area contributed by atoms with E-state index >= 15 is 0 Å². The minimum atomic E-state index is -0.532. The van der Waals surface area contributed by atoms with E-state index in [1.54, 1.807) is 25.2 Å². The van der Waals surface area contributed by atoms with Crippen molar-refractivity contribution >= 4 is 33.2 Å². The second-order valence-corrected chi connectivity index (χ2v) is 4.83. The number of aryl methyl sites for hydroxylation is 1. The number of carbonyl (C=O) groups excluding carboxylic acids is 1. The van der Waals surface area contributed by atoms with Crippen LogP contribution in [0.3, 0.4) is 0 Å². The van der Waals surface area contributed by atoms with E-state index in [1.165, 1.54) is 16.8 Å². The van der Waals surface area contributed by atoms with Gasteiger partial charge in [0.1, 0.15) is 5.69 Å². The molecular formula is C12H10BrN3O3. The van der Waals surface area contributed by atoms with Crippen LogP contribution in [-0.4, -0.2) is 15.4 Å². The first-order valence-electron chi connectivity index (χ1n) is 5.35. The maximum Gasteiger partial charge on any atom is 0.287 e. The predicted molar refractivity (Wildman–Crippen MR) is 74.2 cm³/mol. The molecule has 7 heteroatoms. The third kappa shape index (κ3) is 3.00. The van der Waals surface area contributed by atoms with Gasteiger partial charge in [-0.05, 0) is 18.2 Å². The number of hydrogen-bond acceptors (Lipinski definition) is 3. The summed E-state index contributed by atoms with van der Waals surface area (Å²) in [6, 6.07) is 8.35. The first-order valence-corrected chi connectivity index (χ1v) is 6.14. The van der Waals surface area contributed by atoms with Crippen LogP contribution in [0.2, 0.25) is 0 Å². The highest BCUT2D eigenvalue weighted by Crippen LogP contribution is 2.19. The molecule has 0 aliphatic rings. The van der Waals surface area contributed by atoms with Crippen molar-refractivity contribution in [2.75, 3.05) is 5.32 Å². The van der Waals surface area contributed by atoms with Crippen LogP contribution in [0.15, 0.2) is 41.0 Å². The van der Waals surface area contributed by atoms with Gasteiger partial charge in [0, 0.05) is 23.3 Å². The van der Waals surface area contributed by atoms with Gasteiger partial charge in [0.25, 0.3) is 11.6 Å². The molecule has 0 radical (unpaired) electrons. The lowest BCUT2D eigenvalue weighted by Gasteiger charge is -2.05. The van der Waals surface area contributed by atoms with Gasteiger partial charge in [-0.3, -0.25) is 14.9 Å². The van der Waals surface area contributed by atoms with E-state index in [9.17, 15) is 14.9 Å². The summed E-state index contributed by atoms with van der Waals surface area (Å²) in [6.07, 6.45) is 1.30. The molecule has 0 saturated carbocycles. The maximum atomic E-state index is 12.0. The molecule has 0 unspecified atom stereocenters. The minimum Gasteiger partial charge on any atom is -0.340 e. The molecule has 1 aromatic carbocycles. The zero-order valence-electron chi connectivity index (χ0n) is 9.96. The number of aromatic nitrogens is 1. The van der Waals surface area contributed by atoms with Crippen molar-refractivity contribution in [3.8, 4) is 0 Å². The molecule has 2 aromatic rings. The van der Waals surface area contributed by atoms with Gasteiger partial charge in [0.15, 0.2) is 0 Å². The number of hydrogen-bond donors (Lipinski definition) is 1. The van der Waals surface area contributed by atoms with E-state index in [-0.39, 0.29) is 11.4 Å². The van der Waals surface area contributed by atoms with Crippen LogP contribution in [0, 0.1) is 10.1 Å². The number of carbonyl (C=O) groups is 1. The summed E-state index contributed by atoms with van der Waals surface area (Å²) in [4.78, 5) is 22.1. The summed E-state index contributed by atoms with van der Waals surface area (Å²) in [7, 11) is 1.59. The van der Waals surface area contributed by atoms with Gasteiger partial charge in [-0.25, -0.2) is 0 Å². The number of rotatable bonds is 3. The second kappa shape index (κ2) is 5.23. The number of nitro groups is 1. The molecule has 1 aromatic heterocycles. The first kappa shape index (κ1) is 13.3. The Bertz CT molecular complexity index is 651. The average Bonchev–Trinajstić information content (AvgIpc) is 2.71. The topological polar surface area (TPSA) is 77.2 Å². The molecule has 98 valence electrons. The van der Waals surface area contributed by atoms with Crippen molar-refractivity contribution in [1.82, 2.24) is 4.57 Å². The van der Waals surface area contributed by atoms with Crippen LogP contribution in [0.5, 0.6) is 0 Å². The Morgan fingerprint density at radius 1 is 1.42 bits per heavy atom. The molecule has 0 fully saturated rings.